The molecule has 0 amide bonds. The first kappa shape index (κ1) is 14.0. The molecule has 2 fully saturated rings. The Labute approximate surface area is 109 Å². The molecular weight excluding hydrogens is 252 g/mol. The van der Waals surface area contributed by atoms with Gasteiger partial charge >= 0.3 is 0 Å². The van der Waals surface area contributed by atoms with E-state index in [1.165, 1.54) is 0 Å². The van der Waals surface area contributed by atoms with Crippen molar-refractivity contribution < 1.29 is 18.3 Å². The molecule has 2 aliphatic rings. The normalized spacial score (nSPS) is 40.0. The third-order valence-electron chi connectivity index (χ3n) is 4.38. The van der Waals surface area contributed by atoms with E-state index in [0.29, 0.717) is 12.3 Å². The van der Waals surface area contributed by atoms with Gasteiger partial charge in [-0.05, 0) is 18.8 Å². The first-order valence-electron chi connectivity index (χ1n) is 6.84. The zero-order valence-electron chi connectivity index (χ0n) is 10.8. The van der Waals surface area contributed by atoms with Crippen LogP contribution in [-0.2, 0) is 14.6 Å². The fraction of sp³-hybridized carbons (Fsp3) is 0.923. The Bertz CT molecular complexity index is 415. The van der Waals surface area contributed by atoms with Crippen molar-refractivity contribution in [2.24, 2.45) is 17.8 Å². The Morgan fingerprint density at radius 1 is 1.33 bits per heavy atom. The molecule has 2 rings (SSSR count). The van der Waals surface area contributed by atoms with E-state index in [-0.39, 0.29) is 29.1 Å². The number of ketones is 1. The highest BCUT2D eigenvalue weighted by atomic mass is 32.2. The molecule has 104 valence electrons. The summed E-state index contributed by atoms with van der Waals surface area (Å²) in [6, 6.07) is 0. The summed E-state index contributed by atoms with van der Waals surface area (Å²) in [6.45, 7) is 2.13. The first-order chi connectivity index (χ1) is 8.43. The van der Waals surface area contributed by atoms with Crippen LogP contribution in [0.1, 0.15) is 39.0 Å². The van der Waals surface area contributed by atoms with Gasteiger partial charge in [0.05, 0.1) is 17.6 Å². The van der Waals surface area contributed by atoms with Gasteiger partial charge in [-0.2, -0.15) is 0 Å². The van der Waals surface area contributed by atoms with E-state index in [0.717, 1.165) is 25.7 Å². The van der Waals surface area contributed by atoms with Gasteiger partial charge in [-0.15, -0.1) is 0 Å². The van der Waals surface area contributed by atoms with Crippen molar-refractivity contribution in [2.75, 3.05) is 11.5 Å². The van der Waals surface area contributed by atoms with Crippen LogP contribution in [0, 0.1) is 17.8 Å². The smallest absolute Gasteiger partial charge is 0.153 e. The van der Waals surface area contributed by atoms with Gasteiger partial charge in [0.15, 0.2) is 9.84 Å². The molecule has 4 unspecified atom stereocenters. The molecule has 4 nitrogen and oxygen atoms in total. The predicted molar refractivity (Wildman–Crippen MR) is 68.9 cm³/mol. The maximum Gasteiger partial charge on any atom is 0.153 e. The van der Waals surface area contributed by atoms with Crippen molar-refractivity contribution in [1.82, 2.24) is 0 Å². The van der Waals surface area contributed by atoms with E-state index in [2.05, 4.69) is 6.92 Å². The van der Waals surface area contributed by atoms with Crippen molar-refractivity contribution in [3.8, 4) is 0 Å². The zero-order valence-corrected chi connectivity index (χ0v) is 11.7. The summed E-state index contributed by atoms with van der Waals surface area (Å²) in [5.41, 5.74) is 0. The van der Waals surface area contributed by atoms with E-state index in [4.69, 9.17) is 0 Å². The van der Waals surface area contributed by atoms with Crippen LogP contribution in [0.25, 0.3) is 0 Å². The fourth-order valence-electron chi connectivity index (χ4n) is 3.46. The first-order valence-corrected chi connectivity index (χ1v) is 8.66. The van der Waals surface area contributed by atoms with Crippen LogP contribution >= 0.6 is 0 Å². The van der Waals surface area contributed by atoms with Crippen molar-refractivity contribution in [3.63, 3.8) is 0 Å². The Morgan fingerprint density at radius 3 is 2.61 bits per heavy atom. The van der Waals surface area contributed by atoms with Crippen LogP contribution in [0.2, 0.25) is 0 Å². The number of hydrogen-bond donors (Lipinski definition) is 1. The Kier molecular flexibility index (Phi) is 4.11. The van der Waals surface area contributed by atoms with Crippen LogP contribution in [0.5, 0.6) is 0 Å². The summed E-state index contributed by atoms with van der Waals surface area (Å²) in [7, 11) is -3.15. The molecule has 0 aromatic rings. The van der Waals surface area contributed by atoms with Crippen molar-refractivity contribution >= 4 is 15.6 Å². The lowest BCUT2D eigenvalue weighted by atomic mass is 9.72. The third-order valence-corrected chi connectivity index (χ3v) is 6.12. The molecule has 0 bridgehead atoms. The van der Waals surface area contributed by atoms with E-state index in [1.54, 1.807) is 0 Å². The summed E-state index contributed by atoms with van der Waals surface area (Å²) >= 11 is 0. The van der Waals surface area contributed by atoms with Crippen LogP contribution in [0.3, 0.4) is 0 Å². The van der Waals surface area contributed by atoms with E-state index in [1.807, 2.05) is 0 Å². The van der Waals surface area contributed by atoms with Crippen LogP contribution in [0.15, 0.2) is 0 Å². The Hall–Kier alpha value is -0.420. The molecule has 0 aromatic heterocycles. The largest absolute Gasteiger partial charge is 0.392 e. The van der Waals surface area contributed by atoms with Crippen LogP contribution < -0.4 is 0 Å². The molecule has 4 atom stereocenters. The molecule has 5 heteroatoms. The molecule has 0 radical (unpaired) electrons. The van der Waals surface area contributed by atoms with E-state index >= 15 is 0 Å². The maximum absolute atomic E-state index is 12.0. The van der Waals surface area contributed by atoms with Gasteiger partial charge < -0.3 is 5.11 Å². The van der Waals surface area contributed by atoms with Gasteiger partial charge in [0, 0.05) is 18.3 Å². The second-order valence-electron chi connectivity index (χ2n) is 5.81. The minimum absolute atomic E-state index is 0.0105. The average Bonchev–Trinajstić information content (AvgIpc) is 2.55. The van der Waals surface area contributed by atoms with Crippen molar-refractivity contribution in [2.45, 2.75) is 45.1 Å². The van der Waals surface area contributed by atoms with Gasteiger partial charge in [0.1, 0.15) is 5.78 Å². The SMILES string of the molecule is CCCC1CCC(=O)C(C2CS(=O)(=O)CC2O)C1. The topological polar surface area (TPSA) is 71.4 Å². The highest BCUT2D eigenvalue weighted by Gasteiger charge is 2.45. The summed E-state index contributed by atoms with van der Waals surface area (Å²) in [4.78, 5) is 12.0. The zero-order chi connectivity index (χ0) is 13.3. The van der Waals surface area contributed by atoms with Gasteiger partial charge in [-0.1, -0.05) is 19.8 Å². The number of aliphatic hydroxyl groups excluding tert-OH is 1. The van der Waals surface area contributed by atoms with Gasteiger partial charge in [0.25, 0.3) is 0 Å². The third kappa shape index (κ3) is 2.94. The van der Waals surface area contributed by atoms with Gasteiger partial charge in [0.2, 0.25) is 0 Å². The predicted octanol–water partition coefficient (Wildman–Crippen LogP) is 1.18. The molecule has 0 spiro atoms. The number of hydrogen-bond acceptors (Lipinski definition) is 4. The minimum atomic E-state index is -3.15. The molecule has 1 heterocycles. The summed E-state index contributed by atoms with van der Waals surface area (Å²) in [6.07, 6.45) is 3.60. The summed E-state index contributed by atoms with van der Waals surface area (Å²) in [5.74, 6) is -0.0926. The number of sulfone groups is 1. The summed E-state index contributed by atoms with van der Waals surface area (Å²) in [5, 5.41) is 9.88. The average molecular weight is 274 g/mol. The summed E-state index contributed by atoms with van der Waals surface area (Å²) < 4.78 is 23.1. The monoisotopic (exact) mass is 274 g/mol. The van der Waals surface area contributed by atoms with Crippen molar-refractivity contribution in [1.29, 1.82) is 0 Å². The Balaban J connectivity index is 2.08. The van der Waals surface area contributed by atoms with Crippen LogP contribution in [0.4, 0.5) is 0 Å². The lowest BCUT2D eigenvalue weighted by molar-refractivity contribution is -0.128. The highest BCUT2D eigenvalue weighted by molar-refractivity contribution is 7.91. The molecule has 1 aliphatic carbocycles. The molecule has 18 heavy (non-hydrogen) atoms. The number of aliphatic hydroxyl groups is 1. The minimum Gasteiger partial charge on any atom is -0.392 e. The molecule has 1 aliphatic heterocycles. The molecule has 1 saturated carbocycles. The number of Topliss-reactive ketones (excluding diaryl/α,β-unsaturated/α-hetero) is 1. The number of carbonyl (C=O) groups is 1. The molecular formula is C13H22O4S. The lowest BCUT2D eigenvalue weighted by Crippen LogP contribution is -2.36. The molecule has 0 aromatic carbocycles. The second kappa shape index (κ2) is 5.29. The van der Waals surface area contributed by atoms with Gasteiger partial charge in [-0.25, -0.2) is 8.42 Å². The second-order valence-corrected chi connectivity index (χ2v) is 7.96. The Morgan fingerprint density at radius 2 is 2.06 bits per heavy atom. The maximum atomic E-state index is 12.0. The lowest BCUT2D eigenvalue weighted by Gasteiger charge is -2.32. The number of carbonyl (C=O) groups excluding carboxylic acids is 1. The fourth-order valence-corrected chi connectivity index (χ4v) is 5.41. The van der Waals surface area contributed by atoms with E-state index in [9.17, 15) is 18.3 Å². The van der Waals surface area contributed by atoms with Gasteiger partial charge in [-0.3, -0.25) is 4.79 Å². The standard InChI is InChI=1S/C13H22O4S/c1-2-3-9-4-5-12(14)10(6-9)11-7-18(16,17)8-13(11)15/h9-11,13,15H,2-8H2,1H3. The van der Waals surface area contributed by atoms with Crippen molar-refractivity contribution in [3.05, 3.63) is 0 Å². The molecule has 1 saturated heterocycles. The van der Waals surface area contributed by atoms with E-state index < -0.39 is 15.9 Å². The van der Waals surface area contributed by atoms with Crippen LogP contribution in [-0.4, -0.2) is 36.9 Å². The quantitative estimate of drug-likeness (QED) is 0.839. The highest BCUT2D eigenvalue weighted by Crippen LogP contribution is 2.38. The number of rotatable bonds is 3. The molecule has 1 N–H and O–H groups in total.